The lowest BCUT2D eigenvalue weighted by atomic mass is 10.2. The van der Waals surface area contributed by atoms with Crippen LogP contribution in [0, 0.1) is 0 Å². The molecule has 2 N–H and O–H groups in total. The molecular formula is C10H15N3O4S2. The first-order valence-electron chi connectivity index (χ1n) is 5.82. The predicted octanol–water partition coefficient (Wildman–Crippen LogP) is 0.142. The molecule has 1 aromatic rings. The Morgan fingerprint density at radius 2 is 2.21 bits per heavy atom. The molecule has 1 saturated heterocycles. The van der Waals surface area contributed by atoms with Crippen LogP contribution in [0.15, 0.2) is 17.3 Å². The highest BCUT2D eigenvalue weighted by atomic mass is 32.2. The monoisotopic (exact) mass is 305 g/mol. The molecule has 7 nitrogen and oxygen atoms in total. The van der Waals surface area contributed by atoms with E-state index in [1.54, 1.807) is 0 Å². The average Bonchev–Trinajstić information content (AvgIpc) is 2.78. The fraction of sp³-hybridized carbons (Fsp3) is 0.600. The highest BCUT2D eigenvalue weighted by Crippen LogP contribution is 2.19. The van der Waals surface area contributed by atoms with Crippen molar-refractivity contribution in [2.75, 3.05) is 11.5 Å². The van der Waals surface area contributed by atoms with Gasteiger partial charge in [0.1, 0.15) is 11.4 Å². The molecule has 0 radical (unpaired) electrons. The fourth-order valence-electron chi connectivity index (χ4n) is 1.81. The molecule has 1 fully saturated rings. The van der Waals surface area contributed by atoms with Crippen LogP contribution in [0.3, 0.4) is 0 Å². The van der Waals surface area contributed by atoms with Gasteiger partial charge in [0.15, 0.2) is 0 Å². The number of rotatable bonds is 5. The highest BCUT2D eigenvalue weighted by Gasteiger charge is 2.23. The summed E-state index contributed by atoms with van der Waals surface area (Å²) in [6.07, 6.45) is 4.02. The summed E-state index contributed by atoms with van der Waals surface area (Å²) in [6.45, 7) is -0.352. The second kappa shape index (κ2) is 5.93. The number of carboxylic acids is 1. The molecule has 0 amide bonds. The molecule has 0 saturated carbocycles. The Kier molecular flexibility index (Phi) is 4.48. The maximum absolute atomic E-state index is 12.1. The van der Waals surface area contributed by atoms with Crippen molar-refractivity contribution in [2.45, 2.75) is 30.3 Å². The minimum absolute atomic E-state index is 0.00646. The number of hydrogen-bond donors (Lipinski definition) is 2. The number of thioether (sulfide) groups is 1. The van der Waals surface area contributed by atoms with Crippen LogP contribution < -0.4 is 4.72 Å². The largest absolute Gasteiger partial charge is 0.480 e. The number of aliphatic carboxylic acids is 1. The van der Waals surface area contributed by atoms with Gasteiger partial charge in [-0.05, 0) is 24.3 Å². The number of hydrogen-bond acceptors (Lipinski definition) is 5. The van der Waals surface area contributed by atoms with E-state index in [0.717, 1.165) is 29.0 Å². The van der Waals surface area contributed by atoms with Gasteiger partial charge < -0.3 is 5.11 Å². The molecule has 0 unspecified atom stereocenters. The van der Waals surface area contributed by atoms with Gasteiger partial charge in [0.05, 0.1) is 6.20 Å². The molecule has 1 aliphatic rings. The van der Waals surface area contributed by atoms with Crippen molar-refractivity contribution in [1.82, 2.24) is 14.5 Å². The molecular weight excluding hydrogens is 290 g/mol. The minimum atomic E-state index is -3.61. The quantitative estimate of drug-likeness (QED) is 0.802. The van der Waals surface area contributed by atoms with E-state index in [9.17, 15) is 13.2 Å². The molecule has 0 atom stereocenters. The molecule has 0 spiro atoms. The van der Waals surface area contributed by atoms with Gasteiger partial charge in [-0.15, -0.1) is 0 Å². The smallest absolute Gasteiger partial charge is 0.325 e. The zero-order chi connectivity index (χ0) is 13.9. The second-order valence-electron chi connectivity index (χ2n) is 4.28. The van der Waals surface area contributed by atoms with Gasteiger partial charge >= 0.3 is 5.97 Å². The van der Waals surface area contributed by atoms with Crippen molar-refractivity contribution in [3.8, 4) is 0 Å². The van der Waals surface area contributed by atoms with E-state index in [4.69, 9.17) is 5.11 Å². The number of aromatic nitrogens is 2. The molecule has 0 aliphatic carbocycles. The van der Waals surface area contributed by atoms with Gasteiger partial charge in [0, 0.05) is 12.2 Å². The second-order valence-corrected chi connectivity index (χ2v) is 7.21. The van der Waals surface area contributed by atoms with E-state index in [-0.39, 0.29) is 17.5 Å². The number of sulfonamides is 1. The molecule has 2 heterocycles. The van der Waals surface area contributed by atoms with Crippen LogP contribution in [-0.4, -0.2) is 46.8 Å². The summed E-state index contributed by atoms with van der Waals surface area (Å²) < 4.78 is 27.9. The summed E-state index contributed by atoms with van der Waals surface area (Å²) >= 11 is 1.81. The number of nitrogens with one attached hydrogen (secondary N) is 1. The first-order chi connectivity index (χ1) is 8.97. The molecule has 9 heteroatoms. The lowest BCUT2D eigenvalue weighted by Gasteiger charge is -2.21. The lowest BCUT2D eigenvalue weighted by Crippen LogP contribution is -2.37. The summed E-state index contributed by atoms with van der Waals surface area (Å²) in [7, 11) is -3.61. The van der Waals surface area contributed by atoms with Gasteiger partial charge in [-0.3, -0.25) is 9.48 Å². The van der Waals surface area contributed by atoms with Crippen molar-refractivity contribution in [1.29, 1.82) is 0 Å². The topological polar surface area (TPSA) is 101 Å². The van der Waals surface area contributed by atoms with Crippen LogP contribution in [0.5, 0.6) is 0 Å². The Balaban J connectivity index is 2.06. The zero-order valence-electron chi connectivity index (χ0n) is 10.2. The third-order valence-electron chi connectivity index (χ3n) is 2.76. The Morgan fingerprint density at radius 3 is 2.84 bits per heavy atom. The van der Waals surface area contributed by atoms with Crippen LogP contribution >= 0.6 is 11.8 Å². The molecule has 0 aromatic carbocycles. The standard InChI is InChI=1S/C10H15N3O4S2/c14-10(15)7-13-6-9(5-11-13)19(16,17)12-8-1-3-18-4-2-8/h5-6,8,12H,1-4,7H2,(H,14,15). The number of carboxylic acid groups (broad SMARTS) is 1. The minimum Gasteiger partial charge on any atom is -0.480 e. The summed E-state index contributed by atoms with van der Waals surface area (Å²) in [5.74, 6) is 0.834. The molecule has 2 rings (SSSR count). The Morgan fingerprint density at radius 1 is 1.53 bits per heavy atom. The Labute approximate surface area is 115 Å². The van der Waals surface area contributed by atoms with Gasteiger partial charge in [-0.2, -0.15) is 16.9 Å². The van der Waals surface area contributed by atoms with Crippen LogP contribution in [0.4, 0.5) is 0 Å². The van der Waals surface area contributed by atoms with Crippen LogP contribution in [0.25, 0.3) is 0 Å². The summed E-state index contributed by atoms with van der Waals surface area (Å²) in [5, 5.41) is 12.3. The molecule has 1 aromatic heterocycles. The van der Waals surface area contributed by atoms with Crippen molar-refractivity contribution < 1.29 is 18.3 Å². The third kappa shape index (κ3) is 3.95. The predicted molar refractivity (Wildman–Crippen MR) is 70.5 cm³/mol. The Bertz CT molecular complexity index is 549. The fourth-order valence-corrected chi connectivity index (χ4v) is 4.17. The zero-order valence-corrected chi connectivity index (χ0v) is 11.8. The van der Waals surface area contributed by atoms with E-state index in [2.05, 4.69) is 9.82 Å². The van der Waals surface area contributed by atoms with E-state index in [1.165, 1.54) is 12.4 Å². The van der Waals surface area contributed by atoms with Gasteiger partial charge in [-0.25, -0.2) is 13.1 Å². The maximum atomic E-state index is 12.1. The summed E-state index contributed by atoms with van der Waals surface area (Å²) in [6, 6.07) is -0.0472. The normalized spacial score (nSPS) is 17.5. The van der Waals surface area contributed by atoms with Crippen molar-refractivity contribution in [3.63, 3.8) is 0 Å². The Hall–Kier alpha value is -1.06. The van der Waals surface area contributed by atoms with Crippen molar-refractivity contribution in [2.24, 2.45) is 0 Å². The molecule has 106 valence electrons. The molecule has 1 aliphatic heterocycles. The van der Waals surface area contributed by atoms with Crippen LogP contribution in [0.2, 0.25) is 0 Å². The first-order valence-corrected chi connectivity index (χ1v) is 8.45. The van der Waals surface area contributed by atoms with Crippen molar-refractivity contribution in [3.05, 3.63) is 12.4 Å². The van der Waals surface area contributed by atoms with E-state index in [1.807, 2.05) is 11.8 Å². The number of nitrogens with zero attached hydrogens (tertiary/aromatic N) is 2. The van der Waals surface area contributed by atoms with Gasteiger partial charge in [0.2, 0.25) is 10.0 Å². The highest BCUT2D eigenvalue weighted by molar-refractivity contribution is 7.99. The molecule has 19 heavy (non-hydrogen) atoms. The van der Waals surface area contributed by atoms with E-state index in [0.29, 0.717) is 0 Å². The summed E-state index contributed by atoms with van der Waals surface area (Å²) in [4.78, 5) is 10.5. The van der Waals surface area contributed by atoms with Crippen molar-refractivity contribution >= 4 is 27.8 Å². The average molecular weight is 305 g/mol. The SMILES string of the molecule is O=C(O)Cn1cc(S(=O)(=O)NC2CCSCC2)cn1. The van der Waals surface area contributed by atoms with E-state index >= 15 is 0 Å². The van der Waals surface area contributed by atoms with Gasteiger partial charge in [-0.1, -0.05) is 0 Å². The van der Waals surface area contributed by atoms with Gasteiger partial charge in [0.25, 0.3) is 0 Å². The maximum Gasteiger partial charge on any atom is 0.325 e. The molecule has 0 bridgehead atoms. The summed E-state index contributed by atoms with van der Waals surface area (Å²) in [5.41, 5.74) is 0. The third-order valence-corrected chi connectivity index (χ3v) is 5.28. The number of carbonyl (C=O) groups is 1. The van der Waals surface area contributed by atoms with Crippen LogP contribution in [0.1, 0.15) is 12.8 Å². The van der Waals surface area contributed by atoms with E-state index < -0.39 is 16.0 Å². The first kappa shape index (κ1) is 14.4. The van der Waals surface area contributed by atoms with Crippen LogP contribution in [-0.2, 0) is 21.4 Å². The lowest BCUT2D eigenvalue weighted by molar-refractivity contribution is -0.137.